The van der Waals surface area contributed by atoms with Crippen LogP contribution in [0.3, 0.4) is 0 Å². The van der Waals surface area contributed by atoms with Gasteiger partial charge in [-0.25, -0.2) is 13.8 Å². The van der Waals surface area contributed by atoms with Crippen molar-refractivity contribution in [3.8, 4) is 0 Å². The first-order valence-electron chi connectivity index (χ1n) is 7.49. The highest BCUT2D eigenvalue weighted by atomic mass is 19.2. The number of imidazole rings is 1. The summed E-state index contributed by atoms with van der Waals surface area (Å²) < 4.78 is 28.3. The minimum absolute atomic E-state index is 0.515. The smallest absolute Gasteiger partial charge is 0.160 e. The van der Waals surface area contributed by atoms with E-state index >= 15 is 0 Å². The Morgan fingerprint density at radius 3 is 2.91 bits per heavy atom. The molecule has 1 aliphatic heterocycles. The van der Waals surface area contributed by atoms with Gasteiger partial charge in [-0.2, -0.15) is 0 Å². The van der Waals surface area contributed by atoms with Crippen molar-refractivity contribution < 1.29 is 8.78 Å². The van der Waals surface area contributed by atoms with E-state index in [4.69, 9.17) is 0 Å². The first kappa shape index (κ1) is 15.0. The number of halogens is 2. The summed E-state index contributed by atoms with van der Waals surface area (Å²) in [7, 11) is 1.98. The highest BCUT2D eigenvalue weighted by Gasteiger charge is 2.23. The molecule has 0 bridgehead atoms. The highest BCUT2D eigenvalue weighted by Crippen LogP contribution is 2.25. The van der Waals surface area contributed by atoms with E-state index in [0.717, 1.165) is 44.0 Å². The van der Waals surface area contributed by atoms with Crippen molar-refractivity contribution in [1.29, 1.82) is 0 Å². The molecular formula is C16H20F2N4. The molecule has 3 rings (SSSR count). The number of anilines is 1. The maximum atomic E-state index is 13.3. The second kappa shape index (κ2) is 6.44. The van der Waals surface area contributed by atoms with Crippen molar-refractivity contribution in [3.05, 3.63) is 48.1 Å². The number of benzene rings is 1. The van der Waals surface area contributed by atoms with Crippen LogP contribution in [0.15, 0.2) is 30.7 Å². The van der Waals surface area contributed by atoms with Gasteiger partial charge in [0.1, 0.15) is 0 Å². The van der Waals surface area contributed by atoms with Crippen LogP contribution in [0.2, 0.25) is 0 Å². The molecule has 0 saturated carbocycles. The lowest BCUT2D eigenvalue weighted by molar-refractivity contribution is 0.506. The van der Waals surface area contributed by atoms with Crippen LogP contribution in [0.5, 0.6) is 0 Å². The standard InChI is InChI=1S/C16H20F2N4/c1-21-11-20-9-14(21)8-19-7-12-4-5-22(10-12)13-2-3-15(17)16(18)6-13/h2-3,6,9,11-12,19H,4-5,7-8,10H2,1H3/t12-/m1/s1. The van der Waals surface area contributed by atoms with Crippen LogP contribution in [0.1, 0.15) is 12.1 Å². The third-order valence-corrected chi connectivity index (χ3v) is 4.21. The maximum absolute atomic E-state index is 13.3. The van der Waals surface area contributed by atoms with E-state index in [-0.39, 0.29) is 0 Å². The number of aromatic nitrogens is 2. The number of aryl methyl sites for hydroxylation is 1. The fraction of sp³-hybridized carbons (Fsp3) is 0.438. The highest BCUT2D eigenvalue weighted by molar-refractivity contribution is 5.47. The second-order valence-corrected chi connectivity index (χ2v) is 5.83. The summed E-state index contributed by atoms with van der Waals surface area (Å²) in [4.78, 5) is 6.20. The molecule has 0 unspecified atom stereocenters. The zero-order chi connectivity index (χ0) is 15.5. The van der Waals surface area contributed by atoms with Crippen LogP contribution in [0.4, 0.5) is 14.5 Å². The summed E-state index contributed by atoms with van der Waals surface area (Å²) in [6.07, 6.45) is 4.70. The third-order valence-electron chi connectivity index (χ3n) is 4.21. The van der Waals surface area contributed by atoms with E-state index in [1.807, 2.05) is 17.8 Å². The summed E-state index contributed by atoms with van der Waals surface area (Å²) in [5.74, 6) is -1.06. The molecule has 22 heavy (non-hydrogen) atoms. The first-order chi connectivity index (χ1) is 10.6. The van der Waals surface area contributed by atoms with Crippen molar-refractivity contribution in [2.24, 2.45) is 13.0 Å². The average Bonchev–Trinajstić information content (AvgIpc) is 3.12. The largest absolute Gasteiger partial charge is 0.371 e. The Morgan fingerprint density at radius 1 is 1.32 bits per heavy atom. The summed E-state index contributed by atoms with van der Waals surface area (Å²) >= 11 is 0. The Kier molecular flexibility index (Phi) is 4.38. The Hall–Kier alpha value is -1.95. The van der Waals surface area contributed by atoms with E-state index < -0.39 is 11.6 Å². The van der Waals surface area contributed by atoms with Gasteiger partial charge in [-0.05, 0) is 24.5 Å². The summed E-state index contributed by atoms with van der Waals surface area (Å²) in [6.45, 7) is 3.44. The Morgan fingerprint density at radius 2 is 2.18 bits per heavy atom. The second-order valence-electron chi connectivity index (χ2n) is 5.83. The number of nitrogens with one attached hydrogen (secondary N) is 1. The van der Waals surface area contributed by atoms with Crippen molar-refractivity contribution in [1.82, 2.24) is 14.9 Å². The SMILES string of the molecule is Cn1cncc1CNC[C@H]1CCN(c2ccc(F)c(F)c2)C1. The molecule has 2 heterocycles. The number of hydrogen-bond acceptors (Lipinski definition) is 3. The van der Waals surface area contributed by atoms with E-state index in [1.54, 1.807) is 12.4 Å². The van der Waals surface area contributed by atoms with E-state index in [0.29, 0.717) is 5.92 Å². The molecule has 1 aromatic heterocycles. The zero-order valence-corrected chi connectivity index (χ0v) is 12.6. The molecule has 0 aliphatic carbocycles. The third kappa shape index (κ3) is 3.27. The molecule has 1 saturated heterocycles. The normalized spacial score (nSPS) is 18.1. The van der Waals surface area contributed by atoms with Crippen LogP contribution < -0.4 is 10.2 Å². The molecule has 0 amide bonds. The molecule has 6 heteroatoms. The predicted octanol–water partition coefficient (Wildman–Crippen LogP) is 2.31. The van der Waals surface area contributed by atoms with Gasteiger partial charge >= 0.3 is 0 Å². The molecule has 1 aromatic carbocycles. The van der Waals surface area contributed by atoms with Gasteiger partial charge in [0.25, 0.3) is 0 Å². The van der Waals surface area contributed by atoms with E-state index in [2.05, 4.69) is 15.2 Å². The van der Waals surface area contributed by atoms with Crippen LogP contribution >= 0.6 is 0 Å². The minimum Gasteiger partial charge on any atom is -0.371 e. The van der Waals surface area contributed by atoms with Crippen LogP contribution in [0, 0.1) is 17.6 Å². The van der Waals surface area contributed by atoms with Gasteiger partial charge in [0.2, 0.25) is 0 Å². The average molecular weight is 306 g/mol. The molecule has 1 atom stereocenters. The Labute approximate surface area is 128 Å². The minimum atomic E-state index is -0.794. The van der Waals surface area contributed by atoms with Gasteiger partial charge in [-0.3, -0.25) is 0 Å². The molecule has 1 aliphatic rings. The molecule has 1 fully saturated rings. The summed E-state index contributed by atoms with van der Waals surface area (Å²) in [5, 5.41) is 3.44. The van der Waals surface area contributed by atoms with Crippen LogP contribution in [0.25, 0.3) is 0 Å². The van der Waals surface area contributed by atoms with Gasteiger partial charge in [-0.1, -0.05) is 0 Å². The van der Waals surface area contributed by atoms with Crippen molar-refractivity contribution in [2.75, 3.05) is 24.5 Å². The maximum Gasteiger partial charge on any atom is 0.160 e. The Balaban J connectivity index is 1.49. The number of nitrogens with zero attached hydrogens (tertiary/aromatic N) is 3. The van der Waals surface area contributed by atoms with E-state index in [9.17, 15) is 8.78 Å². The van der Waals surface area contributed by atoms with Gasteiger partial charge in [0.15, 0.2) is 11.6 Å². The Bertz CT molecular complexity index is 641. The molecule has 4 nitrogen and oxygen atoms in total. The van der Waals surface area contributed by atoms with Gasteiger partial charge in [0, 0.05) is 51.2 Å². The van der Waals surface area contributed by atoms with Crippen LogP contribution in [-0.4, -0.2) is 29.2 Å². The lowest BCUT2D eigenvalue weighted by atomic mass is 10.1. The zero-order valence-electron chi connectivity index (χ0n) is 12.6. The lowest BCUT2D eigenvalue weighted by Gasteiger charge is -2.19. The molecule has 0 radical (unpaired) electrons. The molecular weight excluding hydrogens is 286 g/mol. The number of hydrogen-bond donors (Lipinski definition) is 1. The van der Waals surface area contributed by atoms with Gasteiger partial charge < -0.3 is 14.8 Å². The monoisotopic (exact) mass is 306 g/mol. The van der Waals surface area contributed by atoms with Crippen molar-refractivity contribution >= 4 is 5.69 Å². The first-order valence-corrected chi connectivity index (χ1v) is 7.49. The van der Waals surface area contributed by atoms with Crippen LogP contribution in [-0.2, 0) is 13.6 Å². The molecule has 2 aromatic rings. The van der Waals surface area contributed by atoms with Gasteiger partial charge in [-0.15, -0.1) is 0 Å². The molecule has 0 spiro atoms. The quantitative estimate of drug-likeness (QED) is 0.920. The lowest BCUT2D eigenvalue weighted by Crippen LogP contribution is -2.26. The fourth-order valence-electron chi connectivity index (χ4n) is 2.87. The van der Waals surface area contributed by atoms with Crippen molar-refractivity contribution in [3.63, 3.8) is 0 Å². The summed E-state index contributed by atoms with van der Waals surface area (Å²) in [5.41, 5.74) is 1.91. The topological polar surface area (TPSA) is 33.1 Å². The molecule has 1 N–H and O–H groups in total. The van der Waals surface area contributed by atoms with E-state index in [1.165, 1.54) is 12.1 Å². The predicted molar refractivity (Wildman–Crippen MR) is 81.6 cm³/mol. The fourth-order valence-corrected chi connectivity index (χ4v) is 2.87. The number of rotatable bonds is 5. The van der Waals surface area contributed by atoms with Crippen molar-refractivity contribution in [2.45, 2.75) is 13.0 Å². The molecule has 118 valence electrons. The van der Waals surface area contributed by atoms with Gasteiger partial charge in [0.05, 0.1) is 12.0 Å². The summed E-state index contributed by atoms with van der Waals surface area (Å²) in [6, 6.07) is 4.11.